The lowest BCUT2D eigenvalue weighted by Crippen LogP contribution is -2.15. The molecule has 0 spiro atoms. The summed E-state index contributed by atoms with van der Waals surface area (Å²) >= 11 is 0. The molecule has 2 aromatic carbocycles. The van der Waals surface area contributed by atoms with Gasteiger partial charge in [-0.2, -0.15) is 0 Å². The van der Waals surface area contributed by atoms with Crippen molar-refractivity contribution in [3.8, 4) is 28.7 Å². The van der Waals surface area contributed by atoms with Crippen LogP contribution in [0.4, 0.5) is 0 Å². The zero-order valence-corrected chi connectivity index (χ0v) is 18.2. The molecule has 3 rings (SSSR count). The molecule has 166 valence electrons. The Morgan fingerprint density at radius 2 is 1.68 bits per heavy atom. The minimum absolute atomic E-state index is 0.106. The number of rotatable bonds is 5. The molecule has 0 atom stereocenters. The molecule has 0 amide bonds. The average Bonchev–Trinajstić information content (AvgIpc) is 2.67. The van der Waals surface area contributed by atoms with Crippen LogP contribution in [0.25, 0.3) is 0 Å². The second-order valence-electron chi connectivity index (χ2n) is 7.71. The number of carbonyl (C=O) groups is 1. The molecule has 6 nitrogen and oxygen atoms in total. The Kier molecular flexibility index (Phi) is 8.55. The summed E-state index contributed by atoms with van der Waals surface area (Å²) in [7, 11) is 0. The van der Waals surface area contributed by atoms with Crippen molar-refractivity contribution in [3.63, 3.8) is 0 Å². The van der Waals surface area contributed by atoms with Crippen molar-refractivity contribution >= 4 is 5.78 Å². The third-order valence-corrected chi connectivity index (χ3v) is 4.80. The molecule has 0 saturated carbocycles. The molecular formula is C25H30O6. The first-order valence-electron chi connectivity index (χ1n) is 10.2. The average molecular weight is 427 g/mol. The molecule has 6 heteroatoms. The van der Waals surface area contributed by atoms with Crippen LogP contribution in [0.1, 0.15) is 56.0 Å². The summed E-state index contributed by atoms with van der Waals surface area (Å²) in [4.78, 5) is 11.3. The van der Waals surface area contributed by atoms with Gasteiger partial charge in [0.25, 0.3) is 0 Å². The molecule has 0 bridgehead atoms. The fraction of sp³-hybridized carbons (Fsp3) is 0.320. The number of fused-ring (bicyclic) bond motifs is 1. The predicted octanol–water partition coefficient (Wildman–Crippen LogP) is 5.40. The standard InChI is InChI=1S/C16H22O2.C9H8O4/c1-12(2)6-4-7-13(3)10-11-14-15(17)8-5-9-16(14)18;10-5-3-7(12)9-6(11)1-2-13-8(9)4-5/h5-6,8-10,17-18H,4,7,11H2,1-3H3;3-4,10,12H,1-2H2/b13-10+;. The minimum Gasteiger partial charge on any atom is -0.508 e. The van der Waals surface area contributed by atoms with E-state index in [0.29, 0.717) is 18.6 Å². The van der Waals surface area contributed by atoms with Crippen molar-refractivity contribution in [2.75, 3.05) is 6.61 Å². The first-order chi connectivity index (χ1) is 14.7. The topological polar surface area (TPSA) is 107 Å². The highest BCUT2D eigenvalue weighted by Crippen LogP contribution is 2.35. The summed E-state index contributed by atoms with van der Waals surface area (Å²) in [6.07, 6.45) is 7.17. The van der Waals surface area contributed by atoms with Gasteiger partial charge in [0.1, 0.15) is 34.3 Å². The van der Waals surface area contributed by atoms with Crippen LogP contribution in [-0.2, 0) is 6.42 Å². The van der Waals surface area contributed by atoms with Gasteiger partial charge in [-0.05, 0) is 52.2 Å². The number of allylic oxidation sites excluding steroid dienone is 4. The van der Waals surface area contributed by atoms with Crippen molar-refractivity contribution in [3.05, 3.63) is 64.8 Å². The molecule has 0 aromatic heterocycles. The number of phenols is 4. The Morgan fingerprint density at radius 3 is 2.32 bits per heavy atom. The van der Waals surface area contributed by atoms with Crippen LogP contribution >= 0.6 is 0 Å². The van der Waals surface area contributed by atoms with Crippen LogP contribution in [0.2, 0.25) is 0 Å². The summed E-state index contributed by atoms with van der Waals surface area (Å²) in [5.41, 5.74) is 3.37. The number of phenolic OH excluding ortho intramolecular Hbond substituents is 4. The van der Waals surface area contributed by atoms with Gasteiger partial charge in [-0.3, -0.25) is 4.79 Å². The fourth-order valence-corrected chi connectivity index (χ4v) is 3.10. The van der Waals surface area contributed by atoms with E-state index < -0.39 is 0 Å². The van der Waals surface area contributed by atoms with E-state index in [9.17, 15) is 20.1 Å². The number of hydrogen-bond acceptors (Lipinski definition) is 6. The highest BCUT2D eigenvalue weighted by atomic mass is 16.5. The van der Waals surface area contributed by atoms with Crippen molar-refractivity contribution in [2.24, 2.45) is 0 Å². The van der Waals surface area contributed by atoms with Crippen LogP contribution < -0.4 is 4.74 Å². The number of aromatic hydroxyl groups is 4. The second kappa shape index (κ2) is 11.1. The molecule has 2 aromatic rings. The van der Waals surface area contributed by atoms with Gasteiger partial charge in [0, 0.05) is 24.1 Å². The molecule has 0 aliphatic carbocycles. The van der Waals surface area contributed by atoms with Crippen LogP contribution in [0.15, 0.2) is 53.6 Å². The Bertz CT molecular complexity index is 963. The SMILES string of the molecule is CC(C)=CCC/C(C)=C/Cc1c(O)cccc1O.O=C1CCOc2cc(O)cc(O)c21. The third kappa shape index (κ3) is 7.10. The van der Waals surface area contributed by atoms with Gasteiger partial charge in [0.05, 0.1) is 6.61 Å². The van der Waals surface area contributed by atoms with Crippen molar-refractivity contribution in [1.29, 1.82) is 0 Å². The van der Waals surface area contributed by atoms with Gasteiger partial charge in [0.15, 0.2) is 5.78 Å². The zero-order chi connectivity index (χ0) is 23.0. The maximum absolute atomic E-state index is 11.3. The number of ether oxygens (including phenoxy) is 1. The van der Waals surface area contributed by atoms with E-state index in [0.717, 1.165) is 18.9 Å². The molecule has 0 radical (unpaired) electrons. The Morgan fingerprint density at radius 1 is 1.00 bits per heavy atom. The normalized spacial score (nSPS) is 12.9. The van der Waals surface area contributed by atoms with Gasteiger partial charge in [0.2, 0.25) is 0 Å². The number of ketones is 1. The molecule has 0 saturated heterocycles. The third-order valence-electron chi connectivity index (χ3n) is 4.80. The van der Waals surface area contributed by atoms with Gasteiger partial charge < -0.3 is 25.2 Å². The van der Waals surface area contributed by atoms with Crippen LogP contribution in [0, 0.1) is 0 Å². The van der Waals surface area contributed by atoms with Crippen molar-refractivity contribution in [1.82, 2.24) is 0 Å². The number of Topliss-reactive ketones (excluding diaryl/α,β-unsaturated/α-hetero) is 1. The summed E-state index contributed by atoms with van der Waals surface area (Å²) in [5, 5.41) is 37.8. The lowest BCUT2D eigenvalue weighted by Gasteiger charge is -2.16. The number of benzene rings is 2. The van der Waals surface area contributed by atoms with Crippen LogP contribution in [0.5, 0.6) is 28.7 Å². The lowest BCUT2D eigenvalue weighted by molar-refractivity contribution is 0.0929. The quantitative estimate of drug-likeness (QED) is 0.477. The number of carbonyl (C=O) groups excluding carboxylic acids is 1. The molecule has 31 heavy (non-hydrogen) atoms. The van der Waals surface area contributed by atoms with Crippen molar-refractivity contribution in [2.45, 2.75) is 46.5 Å². The first kappa shape index (κ1) is 23.9. The highest BCUT2D eigenvalue weighted by Gasteiger charge is 2.22. The lowest BCUT2D eigenvalue weighted by atomic mass is 10.0. The van der Waals surface area contributed by atoms with Gasteiger partial charge in [-0.15, -0.1) is 0 Å². The molecule has 1 heterocycles. The van der Waals surface area contributed by atoms with Gasteiger partial charge in [-0.25, -0.2) is 0 Å². The molecule has 0 unspecified atom stereocenters. The fourth-order valence-electron chi connectivity index (χ4n) is 3.10. The van der Waals surface area contributed by atoms with Crippen molar-refractivity contribution < 1.29 is 30.0 Å². The van der Waals surface area contributed by atoms with E-state index in [-0.39, 0.29) is 46.5 Å². The number of hydrogen-bond donors (Lipinski definition) is 4. The second-order valence-corrected chi connectivity index (χ2v) is 7.71. The zero-order valence-electron chi connectivity index (χ0n) is 18.2. The minimum atomic E-state index is -0.222. The van der Waals surface area contributed by atoms with E-state index >= 15 is 0 Å². The van der Waals surface area contributed by atoms with Crippen LogP contribution in [-0.4, -0.2) is 32.8 Å². The smallest absolute Gasteiger partial charge is 0.173 e. The Hall–Kier alpha value is -3.41. The van der Waals surface area contributed by atoms with Gasteiger partial charge in [-0.1, -0.05) is 29.4 Å². The molecule has 1 aliphatic rings. The predicted molar refractivity (Wildman–Crippen MR) is 120 cm³/mol. The van der Waals surface area contributed by atoms with Crippen LogP contribution in [0.3, 0.4) is 0 Å². The Balaban J connectivity index is 0.000000231. The monoisotopic (exact) mass is 426 g/mol. The van der Waals surface area contributed by atoms with E-state index in [1.54, 1.807) is 18.2 Å². The molecule has 4 N–H and O–H groups in total. The van der Waals surface area contributed by atoms with E-state index in [1.165, 1.54) is 17.2 Å². The van der Waals surface area contributed by atoms with E-state index in [2.05, 4.69) is 32.9 Å². The largest absolute Gasteiger partial charge is 0.508 e. The maximum atomic E-state index is 11.3. The summed E-state index contributed by atoms with van der Waals surface area (Å²) in [5.74, 6) is 0.0878. The molecule has 1 aliphatic heterocycles. The molecule has 0 fully saturated rings. The van der Waals surface area contributed by atoms with E-state index in [1.807, 2.05) is 0 Å². The summed E-state index contributed by atoms with van der Waals surface area (Å²) in [6, 6.07) is 7.29. The highest BCUT2D eigenvalue weighted by molar-refractivity contribution is 6.02. The summed E-state index contributed by atoms with van der Waals surface area (Å²) < 4.78 is 5.11. The first-order valence-corrected chi connectivity index (χ1v) is 10.2. The maximum Gasteiger partial charge on any atom is 0.173 e. The summed E-state index contributed by atoms with van der Waals surface area (Å²) in [6.45, 7) is 6.57. The molecular weight excluding hydrogens is 396 g/mol. The Labute approximate surface area is 182 Å². The van der Waals surface area contributed by atoms with E-state index in [4.69, 9.17) is 9.84 Å². The van der Waals surface area contributed by atoms with Gasteiger partial charge >= 0.3 is 0 Å².